The van der Waals surface area contributed by atoms with Crippen LogP contribution in [0.3, 0.4) is 0 Å². The van der Waals surface area contributed by atoms with Gasteiger partial charge in [-0.15, -0.1) is 0 Å². The van der Waals surface area contributed by atoms with Crippen molar-refractivity contribution in [2.24, 2.45) is 0 Å². The second-order valence-corrected chi connectivity index (χ2v) is 4.34. The number of anilines is 1. The third kappa shape index (κ3) is 1.85. The van der Waals surface area contributed by atoms with E-state index < -0.39 is 0 Å². The van der Waals surface area contributed by atoms with Crippen molar-refractivity contribution in [1.29, 1.82) is 0 Å². The van der Waals surface area contributed by atoms with E-state index in [4.69, 9.17) is 21.1 Å². The topological polar surface area (TPSA) is 88.3 Å². The quantitative estimate of drug-likeness (QED) is 0.791. The van der Waals surface area contributed by atoms with E-state index in [0.717, 1.165) is 23.6 Å². The van der Waals surface area contributed by atoms with Crippen LogP contribution in [0.15, 0.2) is 18.2 Å². The number of fused-ring (bicyclic) bond motifs is 1. The Balaban J connectivity index is 2.07. The number of hydrogen-bond donors (Lipinski definition) is 2. The van der Waals surface area contributed by atoms with E-state index >= 15 is 0 Å². The van der Waals surface area contributed by atoms with Gasteiger partial charge in [0, 0.05) is 12.0 Å². The summed E-state index contributed by atoms with van der Waals surface area (Å²) in [7, 11) is 0. The van der Waals surface area contributed by atoms with E-state index in [9.17, 15) is 0 Å². The summed E-state index contributed by atoms with van der Waals surface area (Å²) in [6, 6.07) is 5.66. The number of ether oxygens (including phenoxy) is 2. The Bertz CT molecular complexity index is 621. The van der Waals surface area contributed by atoms with Gasteiger partial charge in [0.05, 0.1) is 0 Å². The predicted octanol–water partition coefficient (Wildman–Crippen LogP) is 1.18. The first-order chi connectivity index (χ1) is 9.20. The summed E-state index contributed by atoms with van der Waals surface area (Å²) >= 11 is 0. The molecule has 0 aliphatic carbocycles. The minimum absolute atomic E-state index is 0.452. The molecule has 0 spiro atoms. The van der Waals surface area contributed by atoms with Crippen molar-refractivity contribution in [3.63, 3.8) is 0 Å². The highest BCUT2D eigenvalue weighted by Crippen LogP contribution is 2.35. The van der Waals surface area contributed by atoms with Gasteiger partial charge in [-0.1, -0.05) is 6.92 Å². The van der Waals surface area contributed by atoms with E-state index in [1.165, 1.54) is 4.68 Å². The van der Waals surface area contributed by atoms with E-state index in [-0.39, 0.29) is 0 Å². The Kier molecular flexibility index (Phi) is 2.70. The van der Waals surface area contributed by atoms with E-state index in [1.54, 1.807) is 0 Å². The number of benzene rings is 1. The molecule has 0 saturated carbocycles. The summed E-state index contributed by atoms with van der Waals surface area (Å²) in [5.41, 5.74) is 7.54. The van der Waals surface area contributed by atoms with Crippen LogP contribution in [0.2, 0.25) is 0 Å². The molecule has 0 radical (unpaired) electrons. The largest absolute Gasteiger partial charge is 0.486 e. The lowest BCUT2D eigenvalue weighted by molar-refractivity contribution is 0.171. The average molecular weight is 260 g/mol. The summed E-state index contributed by atoms with van der Waals surface area (Å²) in [6.45, 7) is 3.11. The molecule has 1 aliphatic rings. The van der Waals surface area contributed by atoms with Crippen LogP contribution in [0.1, 0.15) is 12.7 Å². The molecule has 0 saturated heterocycles. The SMILES string of the molecule is CCc1nc(-c2ccc3c(c2)OCCO3)c(N)n1N. The molecule has 0 bridgehead atoms. The highest BCUT2D eigenvalue weighted by Gasteiger charge is 2.17. The van der Waals surface area contributed by atoms with E-state index in [1.807, 2.05) is 25.1 Å². The maximum atomic E-state index is 5.99. The van der Waals surface area contributed by atoms with Gasteiger partial charge in [0.1, 0.15) is 24.7 Å². The Morgan fingerprint density at radius 1 is 1.26 bits per heavy atom. The summed E-state index contributed by atoms with van der Waals surface area (Å²) in [5, 5.41) is 0. The van der Waals surface area contributed by atoms with Gasteiger partial charge in [-0.3, -0.25) is 0 Å². The van der Waals surface area contributed by atoms with Crippen LogP contribution >= 0.6 is 0 Å². The lowest BCUT2D eigenvalue weighted by Gasteiger charge is -2.18. The van der Waals surface area contributed by atoms with Gasteiger partial charge < -0.3 is 21.1 Å². The molecule has 0 amide bonds. The predicted molar refractivity (Wildman–Crippen MR) is 72.6 cm³/mol. The first-order valence-corrected chi connectivity index (χ1v) is 6.23. The average Bonchev–Trinajstić information content (AvgIpc) is 2.74. The molecule has 6 nitrogen and oxygen atoms in total. The first kappa shape index (κ1) is 11.7. The molecule has 1 aromatic heterocycles. The minimum atomic E-state index is 0.452. The Labute approximate surface area is 110 Å². The molecule has 0 unspecified atom stereocenters. The fourth-order valence-corrected chi connectivity index (χ4v) is 2.15. The molecule has 3 rings (SSSR count). The second kappa shape index (κ2) is 4.38. The highest BCUT2D eigenvalue weighted by atomic mass is 16.6. The third-order valence-corrected chi connectivity index (χ3v) is 3.15. The molecule has 4 N–H and O–H groups in total. The summed E-state index contributed by atoms with van der Waals surface area (Å²) < 4.78 is 12.5. The van der Waals surface area contributed by atoms with Gasteiger partial charge in [0.2, 0.25) is 0 Å². The monoisotopic (exact) mass is 260 g/mol. The van der Waals surface area contributed by atoms with Gasteiger partial charge in [-0.2, -0.15) is 0 Å². The Hall–Kier alpha value is -2.37. The molecule has 19 heavy (non-hydrogen) atoms. The van der Waals surface area contributed by atoms with Gasteiger partial charge in [-0.05, 0) is 18.2 Å². The van der Waals surface area contributed by atoms with Gasteiger partial charge in [0.15, 0.2) is 17.3 Å². The van der Waals surface area contributed by atoms with Crippen molar-refractivity contribution in [2.75, 3.05) is 24.8 Å². The van der Waals surface area contributed by atoms with Crippen molar-refractivity contribution in [2.45, 2.75) is 13.3 Å². The maximum absolute atomic E-state index is 5.99. The van der Waals surface area contributed by atoms with Crippen LogP contribution < -0.4 is 21.1 Å². The Morgan fingerprint density at radius 3 is 2.68 bits per heavy atom. The number of aromatic nitrogens is 2. The van der Waals surface area contributed by atoms with E-state index in [2.05, 4.69) is 4.98 Å². The van der Waals surface area contributed by atoms with Gasteiger partial charge in [0.25, 0.3) is 0 Å². The minimum Gasteiger partial charge on any atom is -0.486 e. The van der Waals surface area contributed by atoms with Gasteiger partial charge in [-0.25, -0.2) is 9.66 Å². The van der Waals surface area contributed by atoms with Crippen LogP contribution in [0.4, 0.5) is 5.82 Å². The zero-order chi connectivity index (χ0) is 13.4. The smallest absolute Gasteiger partial charge is 0.162 e. The van der Waals surface area contributed by atoms with Crippen LogP contribution in [0, 0.1) is 0 Å². The lowest BCUT2D eigenvalue weighted by atomic mass is 10.1. The number of nitrogens with two attached hydrogens (primary N) is 2. The van der Waals surface area contributed by atoms with Crippen molar-refractivity contribution >= 4 is 5.82 Å². The van der Waals surface area contributed by atoms with Crippen LogP contribution in [-0.4, -0.2) is 22.9 Å². The summed E-state index contributed by atoms with van der Waals surface area (Å²) in [5.74, 6) is 8.53. The molecular weight excluding hydrogens is 244 g/mol. The molecule has 1 aromatic carbocycles. The normalized spacial score (nSPS) is 13.5. The molecular formula is C13H16N4O2. The standard InChI is InChI=1S/C13H16N4O2/c1-2-11-16-12(13(14)17(11)15)8-3-4-9-10(7-8)19-6-5-18-9/h3-4,7H,2,5-6,14-15H2,1H3. The number of rotatable bonds is 2. The Morgan fingerprint density at radius 2 is 2.00 bits per heavy atom. The van der Waals surface area contributed by atoms with Crippen LogP contribution in [0.5, 0.6) is 11.5 Å². The first-order valence-electron chi connectivity index (χ1n) is 6.23. The number of hydrogen-bond acceptors (Lipinski definition) is 5. The summed E-state index contributed by atoms with van der Waals surface area (Å²) in [6.07, 6.45) is 0.727. The third-order valence-electron chi connectivity index (χ3n) is 3.15. The van der Waals surface area contributed by atoms with Crippen molar-refractivity contribution in [3.8, 4) is 22.8 Å². The summed E-state index contributed by atoms with van der Waals surface area (Å²) in [4.78, 5) is 4.46. The highest BCUT2D eigenvalue weighted by molar-refractivity contribution is 5.73. The van der Waals surface area contributed by atoms with Crippen molar-refractivity contribution in [3.05, 3.63) is 24.0 Å². The number of imidazole rings is 1. The lowest BCUT2D eigenvalue weighted by Crippen LogP contribution is -2.15. The number of aryl methyl sites for hydroxylation is 1. The van der Waals surface area contributed by atoms with Crippen molar-refractivity contribution in [1.82, 2.24) is 9.66 Å². The molecule has 0 fully saturated rings. The maximum Gasteiger partial charge on any atom is 0.162 e. The second-order valence-electron chi connectivity index (χ2n) is 4.34. The zero-order valence-corrected chi connectivity index (χ0v) is 10.7. The van der Waals surface area contributed by atoms with Crippen LogP contribution in [-0.2, 0) is 6.42 Å². The fourth-order valence-electron chi connectivity index (χ4n) is 2.15. The van der Waals surface area contributed by atoms with Gasteiger partial charge >= 0.3 is 0 Å². The molecule has 100 valence electrons. The molecule has 0 atom stereocenters. The van der Waals surface area contributed by atoms with E-state index in [0.29, 0.717) is 30.5 Å². The molecule has 2 heterocycles. The van der Waals surface area contributed by atoms with Crippen LogP contribution in [0.25, 0.3) is 11.3 Å². The number of nitrogen functional groups attached to an aromatic ring is 2. The fraction of sp³-hybridized carbons (Fsp3) is 0.308. The molecule has 6 heteroatoms. The van der Waals surface area contributed by atoms with Crippen molar-refractivity contribution < 1.29 is 9.47 Å². The molecule has 2 aromatic rings. The molecule has 1 aliphatic heterocycles. The number of nitrogens with zero attached hydrogens (tertiary/aromatic N) is 2. The zero-order valence-electron chi connectivity index (χ0n) is 10.7.